The molecule has 0 aliphatic rings. The topological polar surface area (TPSA) is 90.0 Å². The minimum absolute atomic E-state index is 0.0264. The Morgan fingerprint density at radius 1 is 1.55 bits per heavy atom. The van der Waals surface area contributed by atoms with Gasteiger partial charge in [0.25, 0.3) is 0 Å². The van der Waals surface area contributed by atoms with Crippen molar-refractivity contribution < 1.29 is 8.42 Å². The first-order valence-electron chi connectivity index (χ1n) is 6.21. The van der Waals surface area contributed by atoms with Gasteiger partial charge in [-0.15, -0.1) is 11.3 Å². The summed E-state index contributed by atoms with van der Waals surface area (Å²) in [5.41, 5.74) is 6.24. The molecule has 0 spiro atoms. The average Bonchev–Trinajstić information content (AvgIpc) is 2.96. The fourth-order valence-corrected chi connectivity index (χ4v) is 4.58. The summed E-state index contributed by atoms with van der Waals surface area (Å²) in [5.74, 6) is 0.0264. The van der Waals surface area contributed by atoms with Crippen molar-refractivity contribution in [2.45, 2.75) is 31.2 Å². The van der Waals surface area contributed by atoms with Crippen LogP contribution in [0.15, 0.2) is 22.4 Å². The fourth-order valence-electron chi connectivity index (χ4n) is 2.02. The van der Waals surface area contributed by atoms with Crippen molar-refractivity contribution >= 4 is 27.2 Å². The minimum Gasteiger partial charge on any atom is -0.381 e. The van der Waals surface area contributed by atoms with Crippen LogP contribution in [0.4, 0.5) is 5.82 Å². The van der Waals surface area contributed by atoms with Gasteiger partial charge in [0.2, 0.25) is 10.0 Å². The first kappa shape index (κ1) is 15.0. The summed E-state index contributed by atoms with van der Waals surface area (Å²) in [4.78, 5) is 1.05. The van der Waals surface area contributed by atoms with Gasteiger partial charge in [0.15, 0.2) is 5.82 Å². The second kappa shape index (κ2) is 5.55. The van der Waals surface area contributed by atoms with E-state index in [0.717, 1.165) is 4.88 Å². The van der Waals surface area contributed by atoms with Crippen molar-refractivity contribution in [1.29, 1.82) is 0 Å². The Morgan fingerprint density at radius 2 is 2.25 bits per heavy atom. The molecule has 0 aliphatic heterocycles. The summed E-state index contributed by atoms with van der Waals surface area (Å²) >= 11 is 1.53. The largest absolute Gasteiger partial charge is 0.381 e. The van der Waals surface area contributed by atoms with Gasteiger partial charge in [0.1, 0.15) is 4.90 Å². The molecule has 2 aromatic heterocycles. The van der Waals surface area contributed by atoms with E-state index in [2.05, 4.69) is 9.82 Å². The lowest BCUT2D eigenvalue weighted by Gasteiger charge is -2.15. The van der Waals surface area contributed by atoms with Gasteiger partial charge >= 0.3 is 0 Å². The summed E-state index contributed by atoms with van der Waals surface area (Å²) < 4.78 is 29.2. The van der Waals surface area contributed by atoms with Crippen molar-refractivity contribution in [1.82, 2.24) is 14.5 Å². The number of nitrogens with two attached hydrogens (primary N) is 1. The number of anilines is 1. The molecule has 0 bridgehead atoms. The van der Waals surface area contributed by atoms with Crippen LogP contribution >= 0.6 is 11.3 Å². The molecule has 0 aromatic carbocycles. The summed E-state index contributed by atoms with van der Waals surface area (Å²) in [6.45, 7) is 3.62. The molecule has 0 amide bonds. The number of sulfonamides is 1. The molecule has 3 N–H and O–H groups in total. The van der Waals surface area contributed by atoms with Gasteiger partial charge in [0, 0.05) is 11.9 Å². The lowest BCUT2D eigenvalue weighted by molar-refractivity contribution is 0.552. The van der Waals surface area contributed by atoms with E-state index in [1.165, 1.54) is 16.0 Å². The van der Waals surface area contributed by atoms with E-state index in [-0.39, 0.29) is 16.8 Å². The highest BCUT2D eigenvalue weighted by molar-refractivity contribution is 7.89. The summed E-state index contributed by atoms with van der Waals surface area (Å²) in [6.07, 6.45) is 0.666. The number of hydrogen-bond acceptors (Lipinski definition) is 5. The Morgan fingerprint density at radius 3 is 2.70 bits per heavy atom. The molecule has 1 atom stereocenters. The van der Waals surface area contributed by atoms with E-state index < -0.39 is 10.0 Å². The Bertz CT molecular complexity index is 689. The smallest absolute Gasteiger partial charge is 0.246 e. The Hall–Kier alpha value is -1.38. The van der Waals surface area contributed by atoms with Gasteiger partial charge in [0.05, 0.1) is 11.7 Å². The van der Waals surface area contributed by atoms with Crippen LogP contribution in [-0.4, -0.2) is 18.2 Å². The molecule has 6 nitrogen and oxygen atoms in total. The number of aryl methyl sites for hydroxylation is 1. The SMILES string of the molecule is CCC(NS(=O)(=O)c1c(N)nn(C)c1C)c1cccs1. The van der Waals surface area contributed by atoms with Gasteiger partial charge in [-0.3, -0.25) is 4.68 Å². The third-order valence-corrected chi connectivity index (χ3v) is 5.79. The normalized spacial score (nSPS) is 13.6. The van der Waals surface area contributed by atoms with E-state index in [9.17, 15) is 8.42 Å². The summed E-state index contributed by atoms with van der Waals surface area (Å²) in [6, 6.07) is 3.57. The zero-order valence-corrected chi connectivity index (χ0v) is 13.3. The van der Waals surface area contributed by atoms with Crippen molar-refractivity contribution in [3.05, 3.63) is 28.1 Å². The fraction of sp³-hybridized carbons (Fsp3) is 0.417. The van der Waals surface area contributed by atoms with Crippen molar-refractivity contribution in [3.63, 3.8) is 0 Å². The molecule has 2 aromatic rings. The van der Waals surface area contributed by atoms with Crippen LogP contribution in [0, 0.1) is 6.92 Å². The molecular formula is C12H18N4O2S2. The zero-order chi connectivity index (χ0) is 14.9. The standard InChI is InChI=1S/C12H18N4O2S2/c1-4-9(10-6-5-7-19-10)15-20(17,18)11-8(2)16(3)14-12(11)13/h5-7,9,15H,4H2,1-3H3,(H2,13,14). The van der Waals surface area contributed by atoms with Crippen LogP contribution < -0.4 is 10.5 Å². The number of thiophene rings is 1. The summed E-state index contributed by atoms with van der Waals surface area (Å²) in [5, 5.41) is 5.88. The number of nitrogen functional groups attached to an aromatic ring is 1. The van der Waals surface area contributed by atoms with E-state index >= 15 is 0 Å². The highest BCUT2D eigenvalue weighted by Gasteiger charge is 2.27. The Labute approximate surface area is 122 Å². The second-order valence-electron chi connectivity index (χ2n) is 4.52. The molecule has 2 heterocycles. The van der Waals surface area contributed by atoms with Gasteiger partial charge in [-0.25, -0.2) is 13.1 Å². The van der Waals surface area contributed by atoms with E-state index in [4.69, 9.17) is 5.73 Å². The predicted molar refractivity (Wildman–Crippen MR) is 80.0 cm³/mol. The number of hydrogen-bond donors (Lipinski definition) is 2. The molecule has 110 valence electrons. The highest BCUT2D eigenvalue weighted by Crippen LogP contribution is 2.27. The number of rotatable bonds is 5. The minimum atomic E-state index is -3.69. The van der Waals surface area contributed by atoms with Crippen LogP contribution in [0.1, 0.15) is 30.0 Å². The first-order valence-corrected chi connectivity index (χ1v) is 8.58. The van der Waals surface area contributed by atoms with Gasteiger partial charge < -0.3 is 5.73 Å². The maximum Gasteiger partial charge on any atom is 0.246 e. The van der Waals surface area contributed by atoms with Crippen LogP contribution in [0.25, 0.3) is 0 Å². The van der Waals surface area contributed by atoms with Crippen LogP contribution in [0.2, 0.25) is 0 Å². The monoisotopic (exact) mass is 314 g/mol. The van der Waals surface area contributed by atoms with Gasteiger partial charge in [-0.05, 0) is 24.8 Å². The third-order valence-electron chi connectivity index (χ3n) is 3.17. The average molecular weight is 314 g/mol. The predicted octanol–water partition coefficient (Wildman–Crippen LogP) is 1.80. The van der Waals surface area contributed by atoms with E-state index in [0.29, 0.717) is 12.1 Å². The van der Waals surface area contributed by atoms with Crippen molar-refractivity contribution in [3.8, 4) is 0 Å². The van der Waals surface area contributed by atoms with Crippen molar-refractivity contribution in [2.24, 2.45) is 7.05 Å². The number of nitrogens with zero attached hydrogens (tertiary/aromatic N) is 2. The lowest BCUT2D eigenvalue weighted by Crippen LogP contribution is -2.28. The molecule has 1 unspecified atom stereocenters. The quantitative estimate of drug-likeness (QED) is 0.880. The highest BCUT2D eigenvalue weighted by atomic mass is 32.2. The van der Waals surface area contributed by atoms with Crippen LogP contribution in [0.5, 0.6) is 0 Å². The molecule has 0 saturated heterocycles. The van der Waals surface area contributed by atoms with E-state index in [1.54, 1.807) is 14.0 Å². The third kappa shape index (κ3) is 2.72. The molecule has 20 heavy (non-hydrogen) atoms. The maximum absolute atomic E-state index is 12.5. The molecule has 2 rings (SSSR count). The molecule has 0 fully saturated rings. The lowest BCUT2D eigenvalue weighted by atomic mass is 10.2. The van der Waals surface area contributed by atoms with Crippen LogP contribution in [0.3, 0.4) is 0 Å². The molecule has 8 heteroatoms. The van der Waals surface area contributed by atoms with Gasteiger partial charge in [-0.1, -0.05) is 13.0 Å². The number of aromatic nitrogens is 2. The van der Waals surface area contributed by atoms with Gasteiger partial charge in [-0.2, -0.15) is 5.10 Å². The van der Waals surface area contributed by atoms with Crippen molar-refractivity contribution in [2.75, 3.05) is 5.73 Å². The number of nitrogens with one attached hydrogen (secondary N) is 1. The second-order valence-corrected chi connectivity index (χ2v) is 7.15. The molecule has 0 radical (unpaired) electrons. The molecule has 0 saturated carbocycles. The zero-order valence-electron chi connectivity index (χ0n) is 11.6. The molecule has 0 aliphatic carbocycles. The Balaban J connectivity index is 2.36. The molecular weight excluding hydrogens is 296 g/mol. The first-order chi connectivity index (χ1) is 9.36. The Kier molecular flexibility index (Phi) is 4.17. The summed E-state index contributed by atoms with van der Waals surface area (Å²) in [7, 11) is -2.02. The van der Waals surface area contributed by atoms with Crippen LogP contribution in [-0.2, 0) is 17.1 Å². The maximum atomic E-state index is 12.5. The van der Waals surface area contributed by atoms with E-state index in [1.807, 2.05) is 24.4 Å².